The van der Waals surface area contributed by atoms with Crippen molar-refractivity contribution < 1.29 is 0 Å². The fraction of sp³-hybridized carbons (Fsp3) is 0.769. The minimum absolute atomic E-state index is 0.679. The molecule has 1 aromatic rings. The second-order valence-electron chi connectivity index (χ2n) is 4.95. The summed E-state index contributed by atoms with van der Waals surface area (Å²) in [5, 5.41) is 3.37. The van der Waals surface area contributed by atoms with Crippen molar-refractivity contribution >= 4 is 0 Å². The van der Waals surface area contributed by atoms with Gasteiger partial charge in [0.2, 0.25) is 0 Å². The first-order valence-electron chi connectivity index (χ1n) is 6.71. The normalized spacial score (nSPS) is 21.9. The third-order valence-corrected chi connectivity index (χ3v) is 3.68. The summed E-state index contributed by atoms with van der Waals surface area (Å²) in [6.45, 7) is 6.39. The second kappa shape index (κ2) is 6.17. The molecular formula is C13H24N4. The summed E-state index contributed by atoms with van der Waals surface area (Å²) in [6, 6.07) is 0.679. The van der Waals surface area contributed by atoms with E-state index in [2.05, 4.69) is 33.7 Å². The van der Waals surface area contributed by atoms with E-state index in [-0.39, 0.29) is 0 Å². The molecule has 0 saturated carbocycles. The van der Waals surface area contributed by atoms with Crippen molar-refractivity contribution in [1.29, 1.82) is 0 Å². The number of rotatable bonds is 5. The van der Waals surface area contributed by atoms with Crippen molar-refractivity contribution in [2.24, 2.45) is 0 Å². The molecule has 1 aliphatic heterocycles. The molecule has 1 saturated heterocycles. The maximum atomic E-state index is 4.27. The molecule has 96 valence electrons. The number of piperidine rings is 1. The molecule has 0 aromatic carbocycles. The minimum Gasteiger partial charge on any atom is -0.332 e. The highest BCUT2D eigenvalue weighted by molar-refractivity contribution is 4.98. The van der Waals surface area contributed by atoms with Gasteiger partial charge in [-0.2, -0.15) is 0 Å². The number of nitrogens with one attached hydrogen (secondary N) is 1. The lowest BCUT2D eigenvalue weighted by atomic mass is 10.0. The summed E-state index contributed by atoms with van der Waals surface area (Å²) in [5.74, 6) is 0. The van der Waals surface area contributed by atoms with E-state index in [0.717, 1.165) is 19.6 Å². The number of likely N-dealkylation sites (tertiary alicyclic amines) is 1. The van der Waals surface area contributed by atoms with Crippen molar-refractivity contribution in [3.8, 4) is 0 Å². The van der Waals surface area contributed by atoms with E-state index in [4.69, 9.17) is 0 Å². The molecule has 0 amide bonds. The van der Waals surface area contributed by atoms with Gasteiger partial charge in [-0.15, -0.1) is 0 Å². The van der Waals surface area contributed by atoms with Crippen molar-refractivity contribution in [3.05, 3.63) is 18.2 Å². The van der Waals surface area contributed by atoms with Crippen LogP contribution in [0.1, 0.15) is 31.9 Å². The molecule has 17 heavy (non-hydrogen) atoms. The van der Waals surface area contributed by atoms with Crippen LogP contribution < -0.4 is 5.32 Å². The zero-order chi connectivity index (χ0) is 12.1. The van der Waals surface area contributed by atoms with E-state index in [1.54, 1.807) is 0 Å². The van der Waals surface area contributed by atoms with Gasteiger partial charge in [-0.1, -0.05) is 13.3 Å². The summed E-state index contributed by atoms with van der Waals surface area (Å²) in [7, 11) is 2.24. The van der Waals surface area contributed by atoms with E-state index in [1.165, 1.54) is 31.5 Å². The Morgan fingerprint density at radius 1 is 1.47 bits per heavy atom. The zero-order valence-electron chi connectivity index (χ0n) is 11.0. The molecule has 0 bridgehead atoms. The molecule has 4 nitrogen and oxygen atoms in total. The zero-order valence-corrected chi connectivity index (χ0v) is 11.0. The Morgan fingerprint density at radius 2 is 2.35 bits per heavy atom. The van der Waals surface area contributed by atoms with E-state index >= 15 is 0 Å². The predicted molar refractivity (Wildman–Crippen MR) is 69.9 cm³/mol. The summed E-state index contributed by atoms with van der Waals surface area (Å²) >= 11 is 0. The highest BCUT2D eigenvalue weighted by Gasteiger charge is 2.19. The first-order chi connectivity index (χ1) is 8.31. The van der Waals surface area contributed by atoms with Gasteiger partial charge in [0.05, 0.1) is 12.0 Å². The van der Waals surface area contributed by atoms with Crippen LogP contribution in [-0.2, 0) is 13.1 Å². The van der Waals surface area contributed by atoms with Gasteiger partial charge < -0.3 is 14.8 Å². The quantitative estimate of drug-likeness (QED) is 0.840. The molecule has 0 radical (unpaired) electrons. The lowest BCUT2D eigenvalue weighted by Gasteiger charge is -2.33. The fourth-order valence-corrected chi connectivity index (χ4v) is 2.51. The van der Waals surface area contributed by atoms with Crippen molar-refractivity contribution in [3.63, 3.8) is 0 Å². The molecular weight excluding hydrogens is 212 g/mol. The molecule has 1 N–H and O–H groups in total. The molecule has 1 atom stereocenters. The fourth-order valence-electron chi connectivity index (χ4n) is 2.51. The first kappa shape index (κ1) is 12.6. The molecule has 2 heterocycles. The van der Waals surface area contributed by atoms with E-state index in [9.17, 15) is 0 Å². The largest absolute Gasteiger partial charge is 0.332 e. The van der Waals surface area contributed by atoms with Gasteiger partial charge in [-0.3, -0.25) is 0 Å². The van der Waals surface area contributed by atoms with E-state index in [1.807, 2.05) is 12.5 Å². The van der Waals surface area contributed by atoms with Gasteiger partial charge in [0.15, 0.2) is 0 Å². The first-order valence-corrected chi connectivity index (χ1v) is 6.71. The Kier molecular flexibility index (Phi) is 4.57. The standard InChI is InChI=1S/C13H24N4/c1-3-14-8-13-9-15-11-17(13)10-12-6-4-5-7-16(12)2/h9,11-12,14H,3-8,10H2,1-2H3. The minimum atomic E-state index is 0.679. The van der Waals surface area contributed by atoms with Gasteiger partial charge in [-0.05, 0) is 33.0 Å². The third-order valence-electron chi connectivity index (χ3n) is 3.68. The van der Waals surface area contributed by atoms with Crippen LogP contribution in [0.25, 0.3) is 0 Å². The number of nitrogens with zero attached hydrogens (tertiary/aromatic N) is 3. The predicted octanol–water partition coefficient (Wildman–Crippen LogP) is 1.48. The Balaban J connectivity index is 1.95. The maximum absolute atomic E-state index is 4.27. The number of imidazole rings is 1. The maximum Gasteiger partial charge on any atom is 0.0949 e. The topological polar surface area (TPSA) is 33.1 Å². The summed E-state index contributed by atoms with van der Waals surface area (Å²) < 4.78 is 2.30. The SMILES string of the molecule is CCNCc1cncn1CC1CCCCN1C. The monoisotopic (exact) mass is 236 g/mol. The summed E-state index contributed by atoms with van der Waals surface area (Å²) in [6.07, 6.45) is 7.98. The van der Waals surface area contributed by atoms with Gasteiger partial charge in [0, 0.05) is 25.3 Å². The third kappa shape index (κ3) is 3.30. The van der Waals surface area contributed by atoms with Crippen LogP contribution in [0.3, 0.4) is 0 Å². The second-order valence-corrected chi connectivity index (χ2v) is 4.95. The van der Waals surface area contributed by atoms with Crippen LogP contribution in [0.5, 0.6) is 0 Å². The van der Waals surface area contributed by atoms with Crippen LogP contribution in [0, 0.1) is 0 Å². The van der Waals surface area contributed by atoms with Crippen molar-refractivity contribution in [2.75, 3.05) is 20.1 Å². The Hall–Kier alpha value is -0.870. The van der Waals surface area contributed by atoms with Crippen molar-refractivity contribution in [2.45, 2.75) is 45.3 Å². The van der Waals surface area contributed by atoms with Gasteiger partial charge >= 0.3 is 0 Å². The number of hydrogen-bond acceptors (Lipinski definition) is 3. The molecule has 1 aromatic heterocycles. The summed E-state index contributed by atoms with van der Waals surface area (Å²) in [4.78, 5) is 6.76. The number of aromatic nitrogens is 2. The molecule has 1 fully saturated rings. The Morgan fingerprint density at radius 3 is 3.12 bits per heavy atom. The lowest BCUT2D eigenvalue weighted by Crippen LogP contribution is -2.39. The molecule has 2 rings (SSSR count). The molecule has 0 aliphatic carbocycles. The Labute approximate surface area is 104 Å². The average molecular weight is 236 g/mol. The van der Waals surface area contributed by atoms with Gasteiger partial charge in [0.1, 0.15) is 0 Å². The lowest BCUT2D eigenvalue weighted by molar-refractivity contribution is 0.166. The molecule has 4 heteroatoms. The van der Waals surface area contributed by atoms with Crippen LogP contribution >= 0.6 is 0 Å². The number of likely N-dealkylation sites (N-methyl/N-ethyl adjacent to an activating group) is 1. The van der Waals surface area contributed by atoms with Gasteiger partial charge in [-0.25, -0.2) is 4.98 Å². The smallest absolute Gasteiger partial charge is 0.0949 e. The van der Waals surface area contributed by atoms with Crippen LogP contribution in [0.4, 0.5) is 0 Å². The van der Waals surface area contributed by atoms with Crippen LogP contribution in [0.2, 0.25) is 0 Å². The van der Waals surface area contributed by atoms with Gasteiger partial charge in [0.25, 0.3) is 0 Å². The number of hydrogen-bond donors (Lipinski definition) is 1. The Bertz CT molecular complexity index is 334. The highest BCUT2D eigenvalue weighted by Crippen LogP contribution is 2.17. The van der Waals surface area contributed by atoms with Crippen molar-refractivity contribution in [1.82, 2.24) is 19.8 Å². The molecule has 1 unspecified atom stereocenters. The van der Waals surface area contributed by atoms with E-state index < -0.39 is 0 Å². The highest BCUT2D eigenvalue weighted by atomic mass is 15.2. The summed E-state index contributed by atoms with van der Waals surface area (Å²) in [5.41, 5.74) is 1.30. The molecule has 0 spiro atoms. The molecule has 1 aliphatic rings. The van der Waals surface area contributed by atoms with Crippen LogP contribution in [0.15, 0.2) is 12.5 Å². The van der Waals surface area contributed by atoms with E-state index in [0.29, 0.717) is 6.04 Å². The average Bonchev–Trinajstić information content (AvgIpc) is 2.77. The van der Waals surface area contributed by atoms with Crippen LogP contribution in [-0.4, -0.2) is 40.6 Å².